The van der Waals surface area contributed by atoms with Gasteiger partial charge in [0.2, 0.25) is 0 Å². The van der Waals surface area contributed by atoms with E-state index in [-0.39, 0.29) is 11.7 Å². The predicted octanol–water partition coefficient (Wildman–Crippen LogP) is 5.24. The Morgan fingerprint density at radius 2 is 2.06 bits per heavy atom. The number of hydrogen-bond donors (Lipinski definition) is 0. The molecule has 0 heterocycles. The van der Waals surface area contributed by atoms with Crippen LogP contribution in [0, 0.1) is 11.7 Å². The maximum Gasteiger partial charge on any atom is 0.127 e. The van der Waals surface area contributed by atoms with E-state index in [1.54, 1.807) is 6.07 Å². The van der Waals surface area contributed by atoms with Gasteiger partial charge in [-0.25, -0.2) is 4.39 Å². The Labute approximate surface area is 110 Å². The molecule has 1 aromatic rings. The first kappa shape index (κ1) is 13.3. The normalized spacial score (nSPS) is 23.3. The first-order valence-electron chi connectivity index (χ1n) is 7.17. The van der Waals surface area contributed by atoms with Crippen LogP contribution in [0.25, 0.3) is 0 Å². The van der Waals surface area contributed by atoms with Gasteiger partial charge < -0.3 is 0 Å². The molecule has 2 atom stereocenters. The highest BCUT2D eigenvalue weighted by molar-refractivity contribution is 5.30. The molecule has 0 bridgehead atoms. The molecule has 0 N–H and O–H groups in total. The summed E-state index contributed by atoms with van der Waals surface area (Å²) >= 11 is 0. The second-order valence-electron chi connectivity index (χ2n) is 5.51. The minimum absolute atomic E-state index is 0.0205. The molecular formula is C17H23F. The van der Waals surface area contributed by atoms with Crippen molar-refractivity contribution in [1.82, 2.24) is 0 Å². The third-order valence-electron chi connectivity index (χ3n) is 3.89. The van der Waals surface area contributed by atoms with E-state index in [0.29, 0.717) is 5.92 Å². The Bertz CT molecular complexity index is 420. The number of hydrogen-bond acceptors (Lipinski definition) is 0. The lowest BCUT2D eigenvalue weighted by Gasteiger charge is -2.21. The van der Waals surface area contributed by atoms with Crippen molar-refractivity contribution in [1.29, 1.82) is 0 Å². The van der Waals surface area contributed by atoms with Gasteiger partial charge in [-0.05, 0) is 48.8 Å². The molecule has 1 aromatic carbocycles. The van der Waals surface area contributed by atoms with Crippen LogP contribution in [-0.2, 0) is 6.42 Å². The van der Waals surface area contributed by atoms with Crippen molar-refractivity contribution >= 4 is 0 Å². The number of halogens is 1. The highest BCUT2D eigenvalue weighted by Gasteiger charge is 2.17. The van der Waals surface area contributed by atoms with Crippen LogP contribution < -0.4 is 0 Å². The van der Waals surface area contributed by atoms with Crippen LogP contribution in [0.4, 0.5) is 4.39 Å². The van der Waals surface area contributed by atoms with Crippen molar-refractivity contribution in [2.24, 2.45) is 5.92 Å². The van der Waals surface area contributed by atoms with Gasteiger partial charge in [0.15, 0.2) is 0 Å². The zero-order valence-electron chi connectivity index (χ0n) is 11.5. The van der Waals surface area contributed by atoms with Gasteiger partial charge in [-0.2, -0.15) is 0 Å². The molecule has 1 heteroatoms. The molecule has 0 saturated heterocycles. The number of unbranched alkanes of at least 4 members (excludes halogenated alkanes) is 1. The lowest BCUT2D eigenvalue weighted by Crippen LogP contribution is -2.07. The summed E-state index contributed by atoms with van der Waals surface area (Å²) < 4.78 is 14.1. The Hall–Kier alpha value is -1.11. The van der Waals surface area contributed by atoms with Crippen molar-refractivity contribution in [3.05, 3.63) is 47.3 Å². The number of benzene rings is 1. The van der Waals surface area contributed by atoms with Crippen molar-refractivity contribution in [3.8, 4) is 0 Å². The molecule has 0 saturated carbocycles. The summed E-state index contributed by atoms with van der Waals surface area (Å²) in [7, 11) is 0. The Balaban J connectivity index is 2.12. The molecule has 0 aliphatic heterocycles. The zero-order chi connectivity index (χ0) is 13.0. The van der Waals surface area contributed by atoms with Crippen LogP contribution in [0.5, 0.6) is 0 Å². The van der Waals surface area contributed by atoms with Crippen LogP contribution in [0.3, 0.4) is 0 Å². The number of allylic oxidation sites excluding steroid dienone is 2. The lowest BCUT2D eigenvalue weighted by atomic mass is 9.84. The summed E-state index contributed by atoms with van der Waals surface area (Å²) in [5.74, 6) is 0.905. The fourth-order valence-electron chi connectivity index (χ4n) is 2.63. The molecule has 1 aliphatic rings. The maximum atomic E-state index is 14.1. The van der Waals surface area contributed by atoms with Gasteiger partial charge in [0.05, 0.1) is 0 Å². The highest BCUT2D eigenvalue weighted by Crippen LogP contribution is 2.32. The molecule has 0 spiro atoms. The average Bonchev–Trinajstić information content (AvgIpc) is 2.38. The van der Waals surface area contributed by atoms with Gasteiger partial charge in [0, 0.05) is 5.92 Å². The second kappa shape index (κ2) is 6.17. The third kappa shape index (κ3) is 3.22. The van der Waals surface area contributed by atoms with Crippen molar-refractivity contribution < 1.29 is 4.39 Å². The summed E-state index contributed by atoms with van der Waals surface area (Å²) in [6.07, 6.45) is 9.93. The number of aryl methyl sites for hydroxylation is 1. The second-order valence-corrected chi connectivity index (χ2v) is 5.51. The van der Waals surface area contributed by atoms with E-state index in [0.717, 1.165) is 43.2 Å². The minimum Gasteiger partial charge on any atom is -0.207 e. The van der Waals surface area contributed by atoms with Gasteiger partial charge in [-0.1, -0.05) is 44.6 Å². The summed E-state index contributed by atoms with van der Waals surface area (Å²) in [6.45, 7) is 4.38. The minimum atomic E-state index is -0.0205. The summed E-state index contributed by atoms with van der Waals surface area (Å²) in [5, 5.41) is 0. The van der Waals surface area contributed by atoms with Crippen molar-refractivity contribution in [3.63, 3.8) is 0 Å². The molecule has 2 rings (SSSR count). The molecule has 2 unspecified atom stereocenters. The third-order valence-corrected chi connectivity index (χ3v) is 3.89. The van der Waals surface area contributed by atoms with Gasteiger partial charge >= 0.3 is 0 Å². The van der Waals surface area contributed by atoms with Crippen molar-refractivity contribution in [2.45, 2.75) is 51.9 Å². The predicted molar refractivity (Wildman–Crippen MR) is 75.3 cm³/mol. The Kier molecular flexibility index (Phi) is 4.57. The molecule has 0 aromatic heterocycles. The molecule has 98 valence electrons. The fourth-order valence-corrected chi connectivity index (χ4v) is 2.63. The molecule has 0 fully saturated rings. The molecule has 1 aliphatic carbocycles. The van der Waals surface area contributed by atoms with E-state index in [4.69, 9.17) is 0 Å². The first-order valence-corrected chi connectivity index (χ1v) is 7.17. The lowest BCUT2D eigenvalue weighted by molar-refractivity contribution is 0.523. The standard InChI is InChI=1S/C17H23F/c1-3-4-5-14-8-11-16(17(18)12-14)15-9-6-13(2)7-10-15/h6,8-9,11-13,15H,3-5,7,10H2,1-2H3. The smallest absolute Gasteiger partial charge is 0.127 e. The Morgan fingerprint density at radius 1 is 1.22 bits per heavy atom. The van der Waals surface area contributed by atoms with E-state index >= 15 is 0 Å². The van der Waals surface area contributed by atoms with Crippen LogP contribution in [0.1, 0.15) is 56.6 Å². The van der Waals surface area contributed by atoms with Crippen LogP contribution >= 0.6 is 0 Å². The molecule has 0 amide bonds. The van der Waals surface area contributed by atoms with Gasteiger partial charge in [0.25, 0.3) is 0 Å². The summed E-state index contributed by atoms with van der Waals surface area (Å²) in [6, 6.07) is 5.82. The largest absolute Gasteiger partial charge is 0.207 e. The van der Waals surface area contributed by atoms with E-state index in [1.807, 2.05) is 6.07 Å². The Morgan fingerprint density at radius 3 is 2.67 bits per heavy atom. The van der Waals surface area contributed by atoms with Crippen LogP contribution in [0.2, 0.25) is 0 Å². The van der Waals surface area contributed by atoms with E-state index < -0.39 is 0 Å². The molecule has 0 radical (unpaired) electrons. The molecule has 0 nitrogen and oxygen atoms in total. The maximum absolute atomic E-state index is 14.1. The highest BCUT2D eigenvalue weighted by atomic mass is 19.1. The molecule has 18 heavy (non-hydrogen) atoms. The van der Waals surface area contributed by atoms with Gasteiger partial charge in [0.1, 0.15) is 5.82 Å². The van der Waals surface area contributed by atoms with E-state index in [1.165, 1.54) is 0 Å². The summed E-state index contributed by atoms with van der Waals surface area (Å²) in [4.78, 5) is 0. The SMILES string of the molecule is CCCCc1ccc(C2C=CC(C)CC2)c(F)c1. The van der Waals surface area contributed by atoms with E-state index in [2.05, 4.69) is 32.1 Å². The fraction of sp³-hybridized carbons (Fsp3) is 0.529. The quantitative estimate of drug-likeness (QED) is 0.637. The number of rotatable bonds is 4. The summed E-state index contributed by atoms with van der Waals surface area (Å²) in [5.41, 5.74) is 2.00. The monoisotopic (exact) mass is 246 g/mol. The van der Waals surface area contributed by atoms with Crippen LogP contribution in [0.15, 0.2) is 30.4 Å². The molecular weight excluding hydrogens is 223 g/mol. The van der Waals surface area contributed by atoms with Gasteiger partial charge in [-0.3, -0.25) is 0 Å². The van der Waals surface area contributed by atoms with Crippen LogP contribution in [-0.4, -0.2) is 0 Å². The van der Waals surface area contributed by atoms with E-state index in [9.17, 15) is 4.39 Å². The topological polar surface area (TPSA) is 0 Å². The van der Waals surface area contributed by atoms with Crippen molar-refractivity contribution in [2.75, 3.05) is 0 Å². The zero-order valence-corrected chi connectivity index (χ0v) is 11.5. The first-order chi connectivity index (χ1) is 8.70. The van der Waals surface area contributed by atoms with Gasteiger partial charge in [-0.15, -0.1) is 0 Å². The average molecular weight is 246 g/mol.